The Morgan fingerprint density at radius 1 is 0.659 bits per heavy atom. The van der Waals surface area contributed by atoms with Crippen LogP contribution in [0.4, 0.5) is 17.1 Å². The average Bonchev–Trinajstić information content (AvgIpc) is 3.48. The van der Waals surface area contributed by atoms with Crippen LogP contribution in [0.15, 0.2) is 69.6 Å². The van der Waals surface area contributed by atoms with Crippen LogP contribution in [0.3, 0.4) is 0 Å². The first-order valence-corrected chi connectivity index (χ1v) is 18.1. The molecule has 41 heavy (non-hydrogen) atoms. The molecule has 1 saturated heterocycles. The number of hydrogen-bond donors (Lipinski definition) is 0. The summed E-state index contributed by atoms with van der Waals surface area (Å²) in [5.74, 6) is 0. The van der Waals surface area contributed by atoms with Crippen molar-refractivity contribution in [1.29, 1.82) is 0 Å². The molecule has 0 bridgehead atoms. The van der Waals surface area contributed by atoms with E-state index in [1.54, 1.807) is 0 Å². The molecular formula is C32H39Br2CoN3OPd2. The molecule has 231 valence electrons. The molecule has 0 unspecified atom stereocenters. The summed E-state index contributed by atoms with van der Waals surface area (Å²) in [5.41, 5.74) is 11.0. The SMILES string of the molecule is C1CC[OH+]C1.CC(=Nc1c(C)cccc1C)C([C-]=Nc1c(C)cccc1C)=Nc1c(C)cccc1C.[Br][Co][Br].[Pd].[Pd]. The molecule has 0 amide bonds. The molecule has 1 heterocycles. The molecule has 1 fully saturated rings. The van der Waals surface area contributed by atoms with Gasteiger partial charge in [0.1, 0.15) is 13.2 Å². The zero-order valence-corrected chi connectivity index (χ0v) is 31.9. The van der Waals surface area contributed by atoms with Crippen LogP contribution < -0.4 is 0 Å². The second-order valence-electron chi connectivity index (χ2n) is 9.53. The molecule has 4 rings (SSSR count). The molecule has 1 N–H and O–H groups in total. The van der Waals surface area contributed by atoms with Crippen LogP contribution in [0.5, 0.6) is 0 Å². The summed E-state index contributed by atoms with van der Waals surface area (Å²) in [7, 11) is 0. The van der Waals surface area contributed by atoms with Crippen LogP contribution in [-0.2, 0) is 52.0 Å². The molecule has 0 saturated carbocycles. The predicted octanol–water partition coefficient (Wildman–Crippen LogP) is 9.67. The van der Waals surface area contributed by atoms with E-state index in [1.807, 2.05) is 13.0 Å². The van der Waals surface area contributed by atoms with Crippen molar-refractivity contribution in [2.75, 3.05) is 13.2 Å². The molecule has 0 spiro atoms. The number of aliphatic hydroxyl groups is 2. The van der Waals surface area contributed by atoms with E-state index in [0.29, 0.717) is 5.71 Å². The second kappa shape index (κ2) is 22.0. The van der Waals surface area contributed by atoms with E-state index in [0.717, 1.165) is 80.5 Å². The smallest absolute Gasteiger partial charge is 0 e. The molecule has 1 aliphatic heterocycles. The fourth-order valence-electron chi connectivity index (χ4n) is 4.13. The van der Waals surface area contributed by atoms with Crippen molar-refractivity contribution in [2.45, 2.75) is 61.3 Å². The summed E-state index contributed by atoms with van der Waals surface area (Å²) in [6.45, 7) is 16.7. The first kappa shape index (κ1) is 40.4. The maximum absolute atomic E-state index is 4.97. The molecule has 0 atom stereocenters. The number of aliphatic imine (C=N–C) groups is 3. The van der Waals surface area contributed by atoms with Crippen molar-refractivity contribution < 1.29 is 56.7 Å². The molecule has 0 aliphatic carbocycles. The maximum atomic E-state index is 4.97. The second-order valence-corrected chi connectivity index (χ2v) is 14.8. The van der Waals surface area contributed by atoms with Crippen LogP contribution in [0.1, 0.15) is 53.1 Å². The van der Waals surface area contributed by atoms with E-state index >= 15 is 0 Å². The van der Waals surface area contributed by atoms with Crippen LogP contribution in [-0.4, -0.2) is 35.6 Å². The zero-order chi connectivity index (χ0) is 28.8. The van der Waals surface area contributed by atoms with Gasteiger partial charge in [-0.2, -0.15) is 0 Å². The Morgan fingerprint density at radius 3 is 1.34 bits per heavy atom. The van der Waals surface area contributed by atoms with E-state index in [2.05, 4.69) is 129 Å². The van der Waals surface area contributed by atoms with Gasteiger partial charge in [0, 0.05) is 53.7 Å². The Hall–Kier alpha value is -0.579. The van der Waals surface area contributed by atoms with Crippen LogP contribution in [0, 0.1) is 41.5 Å². The van der Waals surface area contributed by atoms with Gasteiger partial charge >= 0.3 is 39.5 Å². The first-order chi connectivity index (χ1) is 18.7. The predicted molar refractivity (Wildman–Crippen MR) is 174 cm³/mol. The van der Waals surface area contributed by atoms with Gasteiger partial charge < -0.3 is 14.7 Å². The van der Waals surface area contributed by atoms with E-state index in [4.69, 9.17) is 15.0 Å². The van der Waals surface area contributed by atoms with Gasteiger partial charge in [-0.15, -0.1) is 0 Å². The van der Waals surface area contributed by atoms with Gasteiger partial charge in [0.05, 0.1) is 11.4 Å². The Morgan fingerprint density at radius 2 is 1.00 bits per heavy atom. The molecule has 3 aromatic rings. The molecule has 0 aromatic heterocycles. The Labute approximate surface area is 294 Å². The van der Waals surface area contributed by atoms with Crippen molar-refractivity contribution in [3.8, 4) is 0 Å². The summed E-state index contributed by atoms with van der Waals surface area (Å²) in [4.78, 5) is 14.6. The quantitative estimate of drug-likeness (QED) is 0.106. The number of para-hydroxylation sites is 3. The zero-order valence-electron chi connectivity index (χ0n) is 24.5. The van der Waals surface area contributed by atoms with Gasteiger partial charge in [0.25, 0.3) is 0 Å². The maximum Gasteiger partial charge on any atom is 0 e. The van der Waals surface area contributed by atoms with Gasteiger partial charge in [-0.25, -0.2) is 0 Å². The third kappa shape index (κ3) is 13.7. The minimum absolute atomic E-state index is 0. The molecular weight excluding hydrogens is 874 g/mol. The van der Waals surface area contributed by atoms with Crippen LogP contribution in [0.2, 0.25) is 0 Å². The summed E-state index contributed by atoms with van der Waals surface area (Å²) >= 11 is 7.12. The number of benzene rings is 3. The van der Waals surface area contributed by atoms with Crippen molar-refractivity contribution >= 4 is 63.0 Å². The van der Waals surface area contributed by atoms with Gasteiger partial charge in [-0.1, -0.05) is 78.9 Å². The number of ether oxygens (including phenoxy) is 1. The fourth-order valence-corrected chi connectivity index (χ4v) is 4.13. The number of hydrogen-bond acceptors (Lipinski definition) is 3. The van der Waals surface area contributed by atoms with Gasteiger partial charge in [0.15, 0.2) is 0 Å². The van der Waals surface area contributed by atoms with E-state index in [-0.39, 0.29) is 40.8 Å². The summed E-state index contributed by atoms with van der Waals surface area (Å²) in [6, 6.07) is 18.6. The normalized spacial score (nSPS) is 13.0. The van der Waals surface area contributed by atoms with E-state index in [9.17, 15) is 0 Å². The standard InChI is InChI=1S/C28H30N3.C4H8O.2BrH.Co.2Pd/c1-18-11-8-12-19(2)26(18)29-17-25(31-28-22(5)15-10-16-23(28)6)24(7)30-27-20(3)13-9-14-21(27)4;1-2-4-5-3-1;;;;;/h8-16H,1-7H3;1-4H2;2*1H;;;/q-1;;;;+2;;/p-1. The third-order valence-corrected chi connectivity index (χ3v) is 6.32. The van der Waals surface area contributed by atoms with Gasteiger partial charge in [-0.3, -0.25) is 4.99 Å². The minimum atomic E-state index is 0. The van der Waals surface area contributed by atoms with Crippen molar-refractivity contribution in [3.05, 3.63) is 88.0 Å². The summed E-state index contributed by atoms with van der Waals surface area (Å²) in [5, 5.41) is 0. The number of nitrogens with zero attached hydrogens (tertiary/aromatic N) is 3. The number of aryl methyl sites for hydroxylation is 6. The monoisotopic (exact) mass is 910 g/mol. The van der Waals surface area contributed by atoms with Crippen molar-refractivity contribution in [1.82, 2.24) is 0 Å². The van der Waals surface area contributed by atoms with E-state index in [1.165, 1.54) is 12.8 Å². The van der Waals surface area contributed by atoms with Gasteiger partial charge in [-0.05, 0) is 80.9 Å². The molecule has 0 radical (unpaired) electrons. The Bertz CT molecular complexity index is 1260. The third-order valence-electron chi connectivity index (χ3n) is 6.32. The van der Waals surface area contributed by atoms with Crippen LogP contribution in [0.25, 0.3) is 0 Å². The van der Waals surface area contributed by atoms with Crippen LogP contribution >= 0.6 is 28.3 Å². The fraction of sp³-hybridized carbons (Fsp3) is 0.344. The largest absolute Gasteiger partial charge is 0 e. The number of halogens is 2. The first-order valence-electron chi connectivity index (χ1n) is 13.0. The minimum Gasteiger partial charge on any atom is 0 e. The van der Waals surface area contributed by atoms with Gasteiger partial charge in [0.2, 0.25) is 0 Å². The topological polar surface area (TPSA) is 49.9 Å². The summed E-state index contributed by atoms with van der Waals surface area (Å²) in [6.07, 6.45) is 5.89. The molecule has 4 nitrogen and oxygen atoms in total. The Kier molecular flexibility index (Phi) is 21.7. The average molecular weight is 913 g/mol. The molecule has 1 aliphatic rings. The van der Waals surface area contributed by atoms with Crippen molar-refractivity contribution in [2.24, 2.45) is 15.0 Å². The molecule has 3 aromatic carbocycles. The Balaban J connectivity index is 0.00000140. The summed E-state index contributed by atoms with van der Waals surface area (Å²) < 4.78 is 4.08. The number of rotatable bonds is 5. The molecule has 9 heteroatoms. The van der Waals surface area contributed by atoms with E-state index < -0.39 is 0 Å². The van der Waals surface area contributed by atoms with Crippen molar-refractivity contribution in [3.63, 3.8) is 0 Å².